The number of nitrogens with two attached hydrogens (primary N) is 1. The van der Waals surface area contributed by atoms with E-state index in [9.17, 15) is 0 Å². The Morgan fingerprint density at radius 3 is 1.80 bits per heavy atom. The molecule has 0 amide bonds. The number of hydrogen-bond donors (Lipinski definition) is 1. The van der Waals surface area contributed by atoms with Gasteiger partial charge in [-0.15, -0.1) is 5.54 Å². The van der Waals surface area contributed by atoms with E-state index in [4.69, 9.17) is 9.27 Å². The van der Waals surface area contributed by atoms with Crippen LogP contribution in [0.4, 0.5) is 0 Å². The zero-order valence-corrected chi connectivity index (χ0v) is 8.62. The molecule has 1 aliphatic carbocycles. The first-order valence-corrected chi connectivity index (χ1v) is 4.53. The van der Waals surface area contributed by atoms with Crippen LogP contribution in [0.3, 0.4) is 0 Å². The Bertz CT molecular complexity index is 87.6. The Hall–Kier alpha value is 0.396. The van der Waals surface area contributed by atoms with Gasteiger partial charge in [0, 0.05) is 0 Å². The Kier molecular flexibility index (Phi) is 5.30. The van der Waals surface area contributed by atoms with Crippen molar-refractivity contribution in [3.8, 4) is 0 Å². The van der Waals surface area contributed by atoms with Gasteiger partial charge in [0.05, 0.1) is 0 Å². The molecule has 0 aromatic carbocycles. The van der Waals surface area contributed by atoms with Crippen molar-refractivity contribution in [2.75, 3.05) is 0 Å². The predicted molar refractivity (Wildman–Crippen MR) is 36.0 cm³/mol. The Balaban J connectivity index is 0.000000371. The molecule has 0 heterocycles. The van der Waals surface area contributed by atoms with Gasteiger partial charge in [-0.05, 0) is 0 Å². The van der Waals surface area contributed by atoms with Gasteiger partial charge in [-0.2, -0.15) is 0 Å². The summed E-state index contributed by atoms with van der Waals surface area (Å²) in [6.45, 7) is 3.91. The van der Waals surface area contributed by atoms with Crippen molar-refractivity contribution in [3.63, 3.8) is 0 Å². The Labute approximate surface area is 72.7 Å². The van der Waals surface area contributed by atoms with Gasteiger partial charge in [0.25, 0.3) is 0 Å². The van der Waals surface area contributed by atoms with Gasteiger partial charge in [0.1, 0.15) is 0 Å². The summed E-state index contributed by atoms with van der Waals surface area (Å²) in [6, 6.07) is 0. The zero-order valence-electron chi connectivity index (χ0n) is 6.08. The van der Waals surface area contributed by atoms with Gasteiger partial charge in [-0.1, -0.05) is 32.1 Å². The standard InChI is InChI=1S/C7H14N.O.Os/c1-7(8)5-3-2-4-6-7;;/h1-6,8H2;;/q-1;;. The van der Waals surface area contributed by atoms with Crippen LogP contribution >= 0.6 is 0 Å². The normalized spacial score (nSPS) is 22.7. The number of rotatable bonds is 0. The first-order chi connectivity index (χ1) is 4.71. The SMILES string of the molecule is [CH2-]C1(N)CCCCC1.[O]=[Os]. The van der Waals surface area contributed by atoms with Crippen molar-refractivity contribution in [1.82, 2.24) is 0 Å². The van der Waals surface area contributed by atoms with Crippen molar-refractivity contribution in [3.05, 3.63) is 6.92 Å². The predicted octanol–water partition coefficient (Wildman–Crippen LogP) is 1.36. The Morgan fingerprint density at radius 1 is 1.20 bits per heavy atom. The van der Waals surface area contributed by atoms with Crippen LogP contribution in [0, 0.1) is 6.92 Å². The van der Waals surface area contributed by atoms with Crippen molar-refractivity contribution in [2.45, 2.75) is 37.6 Å². The average molecular weight is 318 g/mol. The topological polar surface area (TPSA) is 43.1 Å². The molecule has 0 aliphatic heterocycles. The van der Waals surface area contributed by atoms with Crippen LogP contribution in [0.15, 0.2) is 0 Å². The minimum absolute atomic E-state index is 0.0712. The van der Waals surface area contributed by atoms with Gasteiger partial charge in [0.15, 0.2) is 0 Å². The van der Waals surface area contributed by atoms with E-state index < -0.39 is 0 Å². The molecule has 0 bridgehead atoms. The van der Waals surface area contributed by atoms with Crippen molar-refractivity contribution < 1.29 is 22.1 Å². The van der Waals surface area contributed by atoms with Crippen LogP contribution < -0.4 is 5.73 Å². The summed E-state index contributed by atoms with van der Waals surface area (Å²) in [7, 11) is 0. The van der Waals surface area contributed by atoms with Crippen molar-refractivity contribution in [1.29, 1.82) is 0 Å². The van der Waals surface area contributed by atoms with Gasteiger partial charge in [-0.25, -0.2) is 0 Å². The molecule has 0 spiro atoms. The second-order valence-corrected chi connectivity index (χ2v) is 2.92. The summed E-state index contributed by atoms with van der Waals surface area (Å²) in [5, 5.41) is 0. The van der Waals surface area contributed by atoms with E-state index in [1.54, 1.807) is 0 Å². The van der Waals surface area contributed by atoms with Gasteiger partial charge < -0.3 is 12.7 Å². The van der Waals surface area contributed by atoms with Gasteiger partial charge >= 0.3 is 22.1 Å². The molecule has 1 aliphatic rings. The fourth-order valence-corrected chi connectivity index (χ4v) is 1.26. The molecule has 1 rings (SSSR count). The van der Waals surface area contributed by atoms with Crippen LogP contribution in [0.25, 0.3) is 0 Å². The van der Waals surface area contributed by atoms with Crippen LogP contribution in [-0.2, 0) is 22.1 Å². The second-order valence-electron chi connectivity index (χ2n) is 2.92. The molecule has 1 fully saturated rings. The van der Waals surface area contributed by atoms with Crippen molar-refractivity contribution >= 4 is 0 Å². The van der Waals surface area contributed by atoms with Gasteiger partial charge in [-0.3, -0.25) is 0 Å². The van der Waals surface area contributed by atoms with E-state index in [-0.39, 0.29) is 5.54 Å². The summed E-state index contributed by atoms with van der Waals surface area (Å²) < 4.78 is 8.28. The molecule has 0 radical (unpaired) electrons. The first-order valence-electron chi connectivity index (χ1n) is 3.49. The van der Waals surface area contributed by atoms with E-state index in [2.05, 4.69) is 6.92 Å². The third-order valence-corrected chi connectivity index (χ3v) is 1.85. The van der Waals surface area contributed by atoms with Crippen LogP contribution in [0.1, 0.15) is 32.1 Å². The Morgan fingerprint density at radius 2 is 1.60 bits per heavy atom. The maximum absolute atomic E-state index is 8.28. The molecule has 0 aromatic rings. The first kappa shape index (κ1) is 10.4. The fourth-order valence-electron chi connectivity index (χ4n) is 1.26. The second kappa shape index (κ2) is 5.10. The van der Waals surface area contributed by atoms with Gasteiger partial charge in [0.2, 0.25) is 0 Å². The quantitative estimate of drug-likeness (QED) is 0.686. The summed E-state index contributed by atoms with van der Waals surface area (Å²) >= 11 is 0.611. The van der Waals surface area contributed by atoms with E-state index in [0.717, 1.165) is 12.8 Å². The number of hydrogen-bond acceptors (Lipinski definition) is 2. The molecule has 0 unspecified atom stereocenters. The van der Waals surface area contributed by atoms with Crippen molar-refractivity contribution in [2.24, 2.45) is 5.73 Å². The van der Waals surface area contributed by atoms with Crippen LogP contribution in [0.2, 0.25) is 0 Å². The maximum atomic E-state index is 8.28. The average Bonchev–Trinajstić information content (AvgIpc) is 1.92. The third-order valence-electron chi connectivity index (χ3n) is 1.85. The molecule has 1 saturated carbocycles. The summed E-state index contributed by atoms with van der Waals surface area (Å²) in [5.74, 6) is 0. The van der Waals surface area contributed by atoms with E-state index in [0.29, 0.717) is 18.6 Å². The molecule has 0 aromatic heterocycles. The van der Waals surface area contributed by atoms with E-state index in [1.807, 2.05) is 0 Å². The fraction of sp³-hybridized carbons (Fsp3) is 0.857. The summed E-state index contributed by atoms with van der Waals surface area (Å²) in [5.41, 5.74) is 5.70. The summed E-state index contributed by atoms with van der Waals surface area (Å²) in [4.78, 5) is 0. The van der Waals surface area contributed by atoms with Crippen LogP contribution in [0.5, 0.6) is 0 Å². The molecular weight excluding hydrogens is 304 g/mol. The molecule has 2 nitrogen and oxygen atoms in total. The molecule has 3 heteroatoms. The third kappa shape index (κ3) is 4.25. The monoisotopic (exact) mass is 320 g/mol. The van der Waals surface area contributed by atoms with E-state index >= 15 is 0 Å². The molecule has 0 saturated heterocycles. The molecule has 10 heavy (non-hydrogen) atoms. The minimum atomic E-state index is -0.0712. The van der Waals surface area contributed by atoms with E-state index in [1.165, 1.54) is 19.3 Å². The molecular formula is C7H14NOOs-. The molecule has 62 valence electrons. The molecule has 0 atom stereocenters. The molecule has 2 N–H and O–H groups in total. The summed E-state index contributed by atoms with van der Waals surface area (Å²) in [6.07, 6.45) is 6.15. The van der Waals surface area contributed by atoms with Crippen LogP contribution in [-0.4, -0.2) is 5.54 Å². The zero-order chi connectivity index (χ0) is 8.04.